The van der Waals surface area contributed by atoms with E-state index >= 15 is 0 Å². The Hall–Kier alpha value is 0.376. The molecule has 0 amide bonds. The van der Waals surface area contributed by atoms with E-state index in [9.17, 15) is 4.79 Å². The molecule has 0 saturated carbocycles. The SMILES string of the molecule is O=C(OCCCCCCOc1ccc(Cl)cc1)[C@H]1CO1.[K]. The Kier molecular flexibility index (Phi) is 10.2. The van der Waals surface area contributed by atoms with Crippen LogP contribution in [0.1, 0.15) is 25.7 Å². The second-order valence-electron chi connectivity index (χ2n) is 4.71. The molecule has 1 aromatic rings. The van der Waals surface area contributed by atoms with Crippen LogP contribution in [0.25, 0.3) is 0 Å². The number of carbonyl (C=O) groups is 1. The standard InChI is InChI=1S/C15H19ClO4.K/c16-12-5-7-13(8-6-12)18-9-3-1-2-4-10-19-15(17)14-11-20-14;/h5-8,14H,1-4,9-11H2;/t14-;/m1./s1. The van der Waals surface area contributed by atoms with Crippen LogP contribution in [0.2, 0.25) is 5.02 Å². The molecule has 1 radical (unpaired) electrons. The van der Waals surface area contributed by atoms with Crippen LogP contribution in [-0.2, 0) is 14.3 Å². The van der Waals surface area contributed by atoms with Crippen molar-refractivity contribution in [3.05, 3.63) is 29.3 Å². The van der Waals surface area contributed by atoms with E-state index in [1.807, 2.05) is 24.3 Å². The fourth-order valence-electron chi connectivity index (χ4n) is 1.73. The largest absolute Gasteiger partial charge is 0.494 e. The van der Waals surface area contributed by atoms with Crippen molar-refractivity contribution in [2.45, 2.75) is 31.8 Å². The summed E-state index contributed by atoms with van der Waals surface area (Å²) in [5.74, 6) is 0.615. The van der Waals surface area contributed by atoms with Gasteiger partial charge < -0.3 is 14.2 Å². The molecule has 21 heavy (non-hydrogen) atoms. The van der Waals surface area contributed by atoms with Gasteiger partial charge in [0.2, 0.25) is 0 Å². The van der Waals surface area contributed by atoms with Crippen LogP contribution in [-0.4, -0.2) is 83.3 Å². The molecule has 0 aromatic heterocycles. The summed E-state index contributed by atoms with van der Waals surface area (Å²) in [5.41, 5.74) is 0. The van der Waals surface area contributed by atoms with Crippen molar-refractivity contribution < 1.29 is 19.0 Å². The Balaban J connectivity index is 0.00000220. The van der Waals surface area contributed by atoms with E-state index in [0.29, 0.717) is 24.8 Å². The van der Waals surface area contributed by atoms with Crippen molar-refractivity contribution in [1.82, 2.24) is 0 Å². The molecule has 1 aliphatic heterocycles. The topological polar surface area (TPSA) is 48.1 Å². The van der Waals surface area contributed by atoms with Crippen LogP contribution in [0.15, 0.2) is 24.3 Å². The van der Waals surface area contributed by atoms with Crippen LogP contribution in [0.3, 0.4) is 0 Å². The summed E-state index contributed by atoms with van der Waals surface area (Å²) in [6.45, 7) is 1.69. The summed E-state index contributed by atoms with van der Waals surface area (Å²) in [6.07, 6.45) is 3.68. The molecule has 6 heteroatoms. The first-order valence-corrected chi connectivity index (χ1v) is 7.30. The third-order valence-electron chi connectivity index (χ3n) is 2.96. The Morgan fingerprint density at radius 3 is 2.38 bits per heavy atom. The van der Waals surface area contributed by atoms with Gasteiger partial charge in [-0.2, -0.15) is 0 Å². The van der Waals surface area contributed by atoms with Gasteiger partial charge in [-0.25, -0.2) is 4.79 Å². The van der Waals surface area contributed by atoms with Crippen LogP contribution >= 0.6 is 11.6 Å². The summed E-state index contributed by atoms with van der Waals surface area (Å²) >= 11 is 5.79. The molecule has 2 rings (SSSR count). The first-order valence-electron chi connectivity index (χ1n) is 6.92. The van der Waals surface area contributed by atoms with Gasteiger partial charge in [0, 0.05) is 56.4 Å². The van der Waals surface area contributed by atoms with Gasteiger partial charge in [-0.1, -0.05) is 11.6 Å². The molecule has 111 valence electrons. The molecule has 1 aliphatic rings. The van der Waals surface area contributed by atoms with Gasteiger partial charge in [0.05, 0.1) is 19.8 Å². The zero-order chi connectivity index (χ0) is 14.2. The number of carbonyl (C=O) groups excluding carboxylic acids is 1. The number of benzene rings is 1. The average molecular weight is 338 g/mol. The molecule has 1 aromatic carbocycles. The van der Waals surface area contributed by atoms with Crippen molar-refractivity contribution >= 4 is 69.0 Å². The fraction of sp³-hybridized carbons (Fsp3) is 0.533. The van der Waals surface area contributed by atoms with E-state index in [2.05, 4.69) is 0 Å². The summed E-state index contributed by atoms with van der Waals surface area (Å²) in [6, 6.07) is 7.35. The minimum absolute atomic E-state index is 0. The predicted octanol–water partition coefficient (Wildman–Crippen LogP) is 2.84. The van der Waals surface area contributed by atoms with Gasteiger partial charge in [0.25, 0.3) is 0 Å². The minimum atomic E-state index is -0.289. The van der Waals surface area contributed by atoms with E-state index < -0.39 is 0 Å². The summed E-state index contributed by atoms with van der Waals surface area (Å²) in [7, 11) is 0. The Bertz CT molecular complexity index is 420. The molecule has 0 unspecified atom stereocenters. The number of halogens is 1. The molecule has 0 N–H and O–H groups in total. The first kappa shape index (κ1) is 19.4. The maximum Gasteiger partial charge on any atom is 0.337 e. The second kappa shape index (κ2) is 11.0. The maximum atomic E-state index is 11.1. The zero-order valence-corrected chi connectivity index (χ0v) is 16.2. The number of hydrogen-bond donors (Lipinski definition) is 0. The predicted molar refractivity (Wildman–Crippen MR) is 81.9 cm³/mol. The maximum absolute atomic E-state index is 11.1. The van der Waals surface area contributed by atoms with Crippen molar-refractivity contribution in [3.8, 4) is 5.75 Å². The molecule has 1 atom stereocenters. The van der Waals surface area contributed by atoms with Gasteiger partial charge in [0.1, 0.15) is 5.75 Å². The summed E-state index contributed by atoms with van der Waals surface area (Å²) in [4.78, 5) is 11.1. The molecular formula is C15H19ClKO4. The van der Waals surface area contributed by atoms with Crippen molar-refractivity contribution in [2.24, 2.45) is 0 Å². The Labute approximate surface area is 172 Å². The molecular weight excluding hydrogens is 319 g/mol. The zero-order valence-electron chi connectivity index (χ0n) is 12.3. The fourth-order valence-corrected chi connectivity index (χ4v) is 1.85. The molecule has 1 saturated heterocycles. The van der Waals surface area contributed by atoms with E-state index in [1.165, 1.54) is 0 Å². The molecule has 1 fully saturated rings. The first-order chi connectivity index (χ1) is 9.75. The van der Waals surface area contributed by atoms with Crippen molar-refractivity contribution in [2.75, 3.05) is 19.8 Å². The van der Waals surface area contributed by atoms with Crippen LogP contribution < -0.4 is 4.74 Å². The van der Waals surface area contributed by atoms with Gasteiger partial charge >= 0.3 is 5.97 Å². The van der Waals surface area contributed by atoms with Crippen molar-refractivity contribution in [3.63, 3.8) is 0 Å². The summed E-state index contributed by atoms with van der Waals surface area (Å²) < 4.78 is 15.5. The van der Waals surface area contributed by atoms with Crippen LogP contribution in [0, 0.1) is 0 Å². The second-order valence-corrected chi connectivity index (χ2v) is 5.14. The molecule has 0 bridgehead atoms. The van der Waals surface area contributed by atoms with E-state index in [0.717, 1.165) is 31.4 Å². The average Bonchev–Trinajstić information content (AvgIpc) is 3.28. The third kappa shape index (κ3) is 8.55. The van der Waals surface area contributed by atoms with Crippen LogP contribution in [0.5, 0.6) is 5.75 Å². The Morgan fingerprint density at radius 2 is 1.76 bits per heavy atom. The normalized spacial score (nSPS) is 16.0. The molecule has 1 heterocycles. The van der Waals surface area contributed by atoms with E-state index in [-0.39, 0.29) is 63.5 Å². The van der Waals surface area contributed by atoms with E-state index in [1.54, 1.807) is 0 Å². The van der Waals surface area contributed by atoms with Crippen LogP contribution in [0.4, 0.5) is 0 Å². The summed E-state index contributed by atoms with van der Waals surface area (Å²) in [5, 5.41) is 0.712. The van der Waals surface area contributed by atoms with E-state index in [4.69, 9.17) is 25.8 Å². The number of esters is 1. The third-order valence-corrected chi connectivity index (χ3v) is 3.21. The monoisotopic (exact) mass is 337 g/mol. The minimum Gasteiger partial charge on any atom is -0.494 e. The number of ether oxygens (including phenoxy) is 3. The molecule has 0 spiro atoms. The van der Waals surface area contributed by atoms with Gasteiger partial charge in [-0.3, -0.25) is 0 Å². The number of rotatable bonds is 9. The van der Waals surface area contributed by atoms with Gasteiger partial charge in [0.15, 0.2) is 6.10 Å². The Morgan fingerprint density at radius 1 is 1.14 bits per heavy atom. The smallest absolute Gasteiger partial charge is 0.337 e. The van der Waals surface area contributed by atoms with Gasteiger partial charge in [-0.05, 0) is 49.9 Å². The number of unbranched alkanes of at least 4 members (excludes halogenated alkanes) is 3. The quantitative estimate of drug-likeness (QED) is 0.301. The number of epoxide rings is 1. The van der Waals surface area contributed by atoms with Crippen molar-refractivity contribution in [1.29, 1.82) is 0 Å². The van der Waals surface area contributed by atoms with Gasteiger partial charge in [-0.15, -0.1) is 0 Å². The molecule has 0 aliphatic carbocycles. The number of hydrogen-bond acceptors (Lipinski definition) is 4. The molecule has 4 nitrogen and oxygen atoms in total.